The molecule has 1 fully saturated rings. The summed E-state index contributed by atoms with van der Waals surface area (Å²) in [5, 5.41) is 14.0. The molecular weight excluding hydrogens is 254 g/mol. The van der Waals surface area contributed by atoms with Crippen LogP contribution in [-0.2, 0) is 6.54 Å². The number of hydrogen-bond donors (Lipinski definition) is 1. The molecule has 0 unspecified atom stereocenters. The summed E-state index contributed by atoms with van der Waals surface area (Å²) in [5.74, 6) is 0. The predicted octanol–water partition coefficient (Wildman–Crippen LogP) is 1.81. The maximum absolute atomic E-state index is 10.7. The molecule has 6 heteroatoms. The third-order valence-corrected chi connectivity index (χ3v) is 3.15. The van der Waals surface area contributed by atoms with Crippen LogP contribution in [0, 0.1) is 10.1 Å². The second-order valence-corrected chi connectivity index (χ2v) is 4.45. The molecule has 1 saturated heterocycles. The summed E-state index contributed by atoms with van der Waals surface area (Å²) in [6.45, 7) is 5.91. The molecule has 5 nitrogen and oxygen atoms in total. The molecule has 1 aromatic rings. The molecule has 0 radical (unpaired) electrons. The number of piperazine rings is 1. The standard InChI is InChI=1S/C12H17N3O2.ClH/c1-10-8-13-5-6-14(10)9-11-3-2-4-12(7-11)15(16)17;/h2-4,7,10,13H,5-6,8-9H2,1H3;1H/t10-;/m0./s1. The third kappa shape index (κ3) is 3.66. The largest absolute Gasteiger partial charge is 0.314 e. The minimum atomic E-state index is -0.343. The van der Waals surface area contributed by atoms with Crippen molar-refractivity contribution >= 4 is 18.1 Å². The van der Waals surface area contributed by atoms with Gasteiger partial charge in [0.25, 0.3) is 5.69 Å². The SMILES string of the molecule is C[C@H]1CNCCN1Cc1cccc([N+](=O)[O-])c1.Cl. The molecule has 2 rings (SSSR count). The number of benzene rings is 1. The Morgan fingerprint density at radius 2 is 2.33 bits per heavy atom. The zero-order chi connectivity index (χ0) is 12.3. The van der Waals surface area contributed by atoms with Crippen molar-refractivity contribution in [1.82, 2.24) is 10.2 Å². The Morgan fingerprint density at radius 1 is 1.56 bits per heavy atom. The van der Waals surface area contributed by atoms with E-state index in [1.807, 2.05) is 6.07 Å². The van der Waals surface area contributed by atoms with Crippen molar-refractivity contribution in [3.05, 3.63) is 39.9 Å². The predicted molar refractivity (Wildman–Crippen MR) is 73.1 cm³/mol. The third-order valence-electron chi connectivity index (χ3n) is 3.15. The van der Waals surface area contributed by atoms with Crippen LogP contribution < -0.4 is 5.32 Å². The molecule has 0 spiro atoms. The van der Waals surface area contributed by atoms with Crippen LogP contribution >= 0.6 is 12.4 Å². The molecule has 1 aromatic carbocycles. The lowest BCUT2D eigenvalue weighted by atomic mass is 10.1. The summed E-state index contributed by atoms with van der Waals surface area (Å²) in [7, 11) is 0. The van der Waals surface area contributed by atoms with Crippen LogP contribution in [0.25, 0.3) is 0 Å². The molecule has 0 saturated carbocycles. The number of nitro groups is 1. The quantitative estimate of drug-likeness (QED) is 0.673. The molecule has 0 bridgehead atoms. The highest BCUT2D eigenvalue weighted by Gasteiger charge is 2.18. The van der Waals surface area contributed by atoms with Crippen molar-refractivity contribution in [3.8, 4) is 0 Å². The number of nitro benzene ring substituents is 1. The van der Waals surface area contributed by atoms with E-state index in [1.54, 1.807) is 12.1 Å². The molecular formula is C12H18ClN3O2. The molecule has 0 amide bonds. The fraction of sp³-hybridized carbons (Fsp3) is 0.500. The monoisotopic (exact) mass is 271 g/mol. The van der Waals surface area contributed by atoms with Gasteiger partial charge in [-0.3, -0.25) is 15.0 Å². The van der Waals surface area contributed by atoms with Gasteiger partial charge in [0.2, 0.25) is 0 Å². The van der Waals surface area contributed by atoms with E-state index in [0.29, 0.717) is 6.04 Å². The number of rotatable bonds is 3. The highest BCUT2D eigenvalue weighted by atomic mass is 35.5. The lowest BCUT2D eigenvalue weighted by Gasteiger charge is -2.33. The minimum absolute atomic E-state index is 0. The Kier molecular flexibility index (Phi) is 5.53. The van der Waals surface area contributed by atoms with Crippen LogP contribution in [0.4, 0.5) is 5.69 Å². The molecule has 1 aliphatic rings. The fourth-order valence-corrected chi connectivity index (χ4v) is 2.12. The highest BCUT2D eigenvalue weighted by Crippen LogP contribution is 2.16. The number of non-ortho nitro benzene ring substituents is 1. The van der Waals surface area contributed by atoms with E-state index in [1.165, 1.54) is 6.07 Å². The number of halogens is 1. The minimum Gasteiger partial charge on any atom is -0.314 e. The van der Waals surface area contributed by atoms with Gasteiger partial charge >= 0.3 is 0 Å². The zero-order valence-corrected chi connectivity index (χ0v) is 11.2. The van der Waals surface area contributed by atoms with Gasteiger partial charge in [-0.15, -0.1) is 12.4 Å². The van der Waals surface area contributed by atoms with Gasteiger partial charge in [0, 0.05) is 44.4 Å². The van der Waals surface area contributed by atoms with Crippen LogP contribution in [0.3, 0.4) is 0 Å². The van der Waals surface area contributed by atoms with Crippen molar-refractivity contribution in [2.45, 2.75) is 19.5 Å². The van der Waals surface area contributed by atoms with E-state index in [0.717, 1.165) is 31.7 Å². The first-order valence-corrected chi connectivity index (χ1v) is 5.85. The summed E-state index contributed by atoms with van der Waals surface area (Å²) < 4.78 is 0. The van der Waals surface area contributed by atoms with E-state index in [-0.39, 0.29) is 23.0 Å². The fourth-order valence-electron chi connectivity index (χ4n) is 2.12. The Balaban J connectivity index is 0.00000162. The second-order valence-electron chi connectivity index (χ2n) is 4.45. The average molecular weight is 272 g/mol. The van der Waals surface area contributed by atoms with Crippen molar-refractivity contribution in [1.29, 1.82) is 0 Å². The number of hydrogen-bond acceptors (Lipinski definition) is 4. The van der Waals surface area contributed by atoms with Crippen molar-refractivity contribution in [3.63, 3.8) is 0 Å². The van der Waals surface area contributed by atoms with Gasteiger partial charge in [-0.1, -0.05) is 12.1 Å². The Labute approximate surface area is 113 Å². The Hall–Kier alpha value is -1.17. The van der Waals surface area contributed by atoms with Crippen LogP contribution in [0.1, 0.15) is 12.5 Å². The lowest BCUT2D eigenvalue weighted by molar-refractivity contribution is -0.384. The Bertz CT molecular complexity index is 414. The normalized spacial score (nSPS) is 20.2. The van der Waals surface area contributed by atoms with E-state index >= 15 is 0 Å². The molecule has 1 atom stereocenters. The molecule has 1 heterocycles. The number of nitrogens with zero attached hydrogens (tertiary/aromatic N) is 2. The van der Waals surface area contributed by atoms with E-state index in [4.69, 9.17) is 0 Å². The molecule has 1 N–H and O–H groups in total. The maximum Gasteiger partial charge on any atom is 0.269 e. The summed E-state index contributed by atoms with van der Waals surface area (Å²) in [6.07, 6.45) is 0. The number of nitrogens with one attached hydrogen (secondary N) is 1. The van der Waals surface area contributed by atoms with Crippen molar-refractivity contribution in [2.24, 2.45) is 0 Å². The summed E-state index contributed by atoms with van der Waals surface area (Å²) in [4.78, 5) is 12.7. The van der Waals surface area contributed by atoms with Crippen LogP contribution in [0.15, 0.2) is 24.3 Å². The molecule has 0 aliphatic carbocycles. The van der Waals surface area contributed by atoms with Crippen LogP contribution in [0.2, 0.25) is 0 Å². The smallest absolute Gasteiger partial charge is 0.269 e. The van der Waals surface area contributed by atoms with Gasteiger partial charge in [0.15, 0.2) is 0 Å². The maximum atomic E-state index is 10.7. The van der Waals surface area contributed by atoms with Crippen LogP contribution in [0.5, 0.6) is 0 Å². The summed E-state index contributed by atoms with van der Waals surface area (Å²) >= 11 is 0. The van der Waals surface area contributed by atoms with Crippen molar-refractivity contribution in [2.75, 3.05) is 19.6 Å². The first kappa shape index (κ1) is 14.9. The van der Waals surface area contributed by atoms with Gasteiger partial charge in [0.1, 0.15) is 0 Å². The molecule has 0 aromatic heterocycles. The first-order chi connectivity index (χ1) is 8.16. The van der Waals surface area contributed by atoms with Gasteiger partial charge in [0.05, 0.1) is 4.92 Å². The second kappa shape index (κ2) is 6.68. The molecule has 100 valence electrons. The average Bonchev–Trinajstić information content (AvgIpc) is 2.32. The summed E-state index contributed by atoms with van der Waals surface area (Å²) in [6, 6.07) is 7.37. The first-order valence-electron chi connectivity index (χ1n) is 5.85. The topological polar surface area (TPSA) is 58.4 Å². The molecule has 1 aliphatic heterocycles. The zero-order valence-electron chi connectivity index (χ0n) is 10.3. The van der Waals surface area contributed by atoms with Gasteiger partial charge in [-0.25, -0.2) is 0 Å². The highest BCUT2D eigenvalue weighted by molar-refractivity contribution is 5.85. The van der Waals surface area contributed by atoms with E-state index < -0.39 is 0 Å². The Morgan fingerprint density at radius 3 is 3.00 bits per heavy atom. The summed E-state index contributed by atoms with van der Waals surface area (Å²) in [5.41, 5.74) is 1.18. The van der Waals surface area contributed by atoms with Gasteiger partial charge in [-0.05, 0) is 12.5 Å². The lowest BCUT2D eigenvalue weighted by Crippen LogP contribution is -2.49. The van der Waals surface area contributed by atoms with Gasteiger partial charge in [-0.2, -0.15) is 0 Å². The molecule has 18 heavy (non-hydrogen) atoms. The van der Waals surface area contributed by atoms with E-state index in [2.05, 4.69) is 17.1 Å². The van der Waals surface area contributed by atoms with Gasteiger partial charge < -0.3 is 5.32 Å². The van der Waals surface area contributed by atoms with Crippen molar-refractivity contribution < 1.29 is 4.92 Å². The van der Waals surface area contributed by atoms with Crippen LogP contribution in [-0.4, -0.2) is 35.5 Å². The van der Waals surface area contributed by atoms with E-state index in [9.17, 15) is 10.1 Å².